The summed E-state index contributed by atoms with van der Waals surface area (Å²) >= 11 is 6.16. The first kappa shape index (κ1) is 25.5. The quantitative estimate of drug-likeness (QED) is 0.479. The molecule has 0 bridgehead atoms. The van der Waals surface area contributed by atoms with Crippen LogP contribution in [0.3, 0.4) is 0 Å². The second-order valence-electron chi connectivity index (χ2n) is 6.69. The Hall–Kier alpha value is -2.76. The van der Waals surface area contributed by atoms with Crippen LogP contribution in [0.15, 0.2) is 30.7 Å². The van der Waals surface area contributed by atoms with Gasteiger partial charge in [0.1, 0.15) is 5.69 Å². The lowest BCUT2D eigenvalue weighted by Crippen LogP contribution is -2.39. The number of anilines is 1. The molecule has 2 aromatic heterocycles. The highest BCUT2D eigenvalue weighted by molar-refractivity contribution is 6.32. The Kier molecular flexibility index (Phi) is 8.93. The molecule has 0 aliphatic heterocycles. The molecule has 32 heavy (non-hydrogen) atoms. The lowest BCUT2D eigenvalue weighted by molar-refractivity contribution is -0.150. The minimum atomic E-state index is -4.59. The lowest BCUT2D eigenvalue weighted by atomic mass is 10.2. The van der Waals surface area contributed by atoms with E-state index in [2.05, 4.69) is 10.1 Å². The van der Waals surface area contributed by atoms with Crippen molar-refractivity contribution >= 4 is 29.1 Å². The summed E-state index contributed by atoms with van der Waals surface area (Å²) in [6.07, 6.45) is -5.73. The Morgan fingerprint density at radius 1 is 1.22 bits per heavy atom. The number of halogens is 6. The highest BCUT2D eigenvalue weighted by Crippen LogP contribution is 2.27. The molecule has 0 atom stereocenters. The summed E-state index contributed by atoms with van der Waals surface area (Å²) in [6, 6.07) is 3.40. The van der Waals surface area contributed by atoms with Crippen LogP contribution in [-0.4, -0.2) is 63.7 Å². The first-order chi connectivity index (χ1) is 15.0. The van der Waals surface area contributed by atoms with E-state index in [9.17, 15) is 31.5 Å². The van der Waals surface area contributed by atoms with Crippen molar-refractivity contribution in [1.29, 1.82) is 0 Å². The van der Waals surface area contributed by atoms with Crippen molar-refractivity contribution in [3.8, 4) is 5.69 Å². The predicted octanol–water partition coefficient (Wildman–Crippen LogP) is 4.10. The van der Waals surface area contributed by atoms with Gasteiger partial charge in [-0.05, 0) is 19.1 Å². The smallest absolute Gasteiger partial charge is 0.336 e. The van der Waals surface area contributed by atoms with E-state index in [0.29, 0.717) is 10.6 Å². The summed E-state index contributed by atoms with van der Waals surface area (Å²) in [5.74, 6) is -1.65. The zero-order chi connectivity index (χ0) is 23.9. The van der Waals surface area contributed by atoms with Crippen molar-refractivity contribution in [1.82, 2.24) is 19.7 Å². The summed E-state index contributed by atoms with van der Waals surface area (Å²) in [6.45, 7) is 0.301. The summed E-state index contributed by atoms with van der Waals surface area (Å²) in [4.78, 5) is 30.5. The molecule has 0 spiro atoms. The second kappa shape index (κ2) is 11.2. The van der Waals surface area contributed by atoms with Gasteiger partial charge in [-0.25, -0.2) is 13.5 Å². The minimum absolute atomic E-state index is 0.00902. The number of pyridine rings is 1. The maximum atomic E-state index is 12.8. The van der Waals surface area contributed by atoms with Gasteiger partial charge < -0.3 is 9.80 Å². The fourth-order valence-electron chi connectivity index (χ4n) is 2.88. The van der Waals surface area contributed by atoms with E-state index in [-0.39, 0.29) is 23.8 Å². The first-order valence-corrected chi connectivity index (χ1v) is 9.98. The molecule has 0 saturated heterocycles. The first-order valence-electron chi connectivity index (χ1n) is 9.60. The van der Waals surface area contributed by atoms with Crippen molar-refractivity contribution in [3.05, 3.63) is 35.9 Å². The number of carbonyl (C=O) groups excluding carboxylic acids is 2. The monoisotopic (exact) mass is 481 g/mol. The fourth-order valence-corrected chi connectivity index (χ4v) is 3.12. The highest BCUT2D eigenvalue weighted by atomic mass is 35.5. The predicted molar refractivity (Wildman–Crippen MR) is 107 cm³/mol. The standard InChI is InChI=1S/C19H21ClF5N5O2/c1-2-29(14-11-30(27-18(14)20)13-4-3-8-26-10-13)17(32)6-9-28(12-15(21)22)16(31)5-7-19(23,24)25/h3-4,8,10-11,15H,2,5-7,9,12H2,1H3. The van der Waals surface area contributed by atoms with E-state index in [4.69, 9.17) is 11.6 Å². The number of nitrogens with zero attached hydrogens (tertiary/aromatic N) is 5. The molecular weight excluding hydrogens is 461 g/mol. The molecule has 2 amide bonds. The fraction of sp³-hybridized carbons (Fsp3) is 0.474. The third kappa shape index (κ3) is 7.43. The highest BCUT2D eigenvalue weighted by Gasteiger charge is 2.30. The Morgan fingerprint density at radius 2 is 1.94 bits per heavy atom. The third-order valence-corrected chi connectivity index (χ3v) is 4.67. The average Bonchev–Trinajstić information content (AvgIpc) is 3.11. The van der Waals surface area contributed by atoms with Crippen LogP contribution < -0.4 is 4.90 Å². The van der Waals surface area contributed by atoms with Crippen LogP contribution in [0.4, 0.5) is 27.6 Å². The molecule has 0 radical (unpaired) electrons. The minimum Gasteiger partial charge on any atom is -0.336 e. The molecule has 2 heterocycles. The number of aromatic nitrogens is 3. The molecule has 0 fully saturated rings. The van der Waals surface area contributed by atoms with Gasteiger partial charge in [-0.2, -0.15) is 18.3 Å². The maximum absolute atomic E-state index is 12.8. The number of carbonyl (C=O) groups is 2. The van der Waals surface area contributed by atoms with Gasteiger partial charge in [-0.15, -0.1) is 0 Å². The van der Waals surface area contributed by atoms with E-state index in [0.717, 1.165) is 0 Å². The van der Waals surface area contributed by atoms with Crippen LogP contribution in [0.25, 0.3) is 5.69 Å². The molecule has 7 nitrogen and oxygen atoms in total. The van der Waals surface area contributed by atoms with Gasteiger partial charge in [-0.3, -0.25) is 14.6 Å². The van der Waals surface area contributed by atoms with E-state index < -0.39 is 50.3 Å². The van der Waals surface area contributed by atoms with Crippen molar-refractivity contribution in [2.75, 3.05) is 24.5 Å². The Morgan fingerprint density at radius 3 is 2.50 bits per heavy atom. The summed E-state index contributed by atoms with van der Waals surface area (Å²) in [5.41, 5.74) is 0.842. The number of amides is 2. The number of rotatable bonds is 10. The summed E-state index contributed by atoms with van der Waals surface area (Å²) < 4.78 is 64.1. The Balaban J connectivity index is 2.09. The van der Waals surface area contributed by atoms with Crippen LogP contribution in [-0.2, 0) is 9.59 Å². The molecule has 0 aliphatic rings. The molecule has 0 aliphatic carbocycles. The molecule has 0 saturated carbocycles. The van der Waals surface area contributed by atoms with Gasteiger partial charge in [0.25, 0.3) is 6.43 Å². The molecule has 13 heteroatoms. The molecule has 2 aromatic rings. The normalized spacial score (nSPS) is 11.6. The van der Waals surface area contributed by atoms with E-state index in [1.807, 2.05) is 0 Å². The average molecular weight is 482 g/mol. The number of alkyl halides is 5. The van der Waals surface area contributed by atoms with Crippen molar-refractivity contribution in [2.45, 2.75) is 38.8 Å². The van der Waals surface area contributed by atoms with E-state index in [1.165, 1.54) is 22.0 Å². The summed E-state index contributed by atoms with van der Waals surface area (Å²) in [7, 11) is 0. The van der Waals surface area contributed by atoms with Crippen LogP contribution >= 0.6 is 11.6 Å². The van der Waals surface area contributed by atoms with E-state index >= 15 is 0 Å². The molecule has 176 valence electrons. The largest absolute Gasteiger partial charge is 0.389 e. The van der Waals surface area contributed by atoms with Crippen molar-refractivity contribution in [2.24, 2.45) is 0 Å². The second-order valence-corrected chi connectivity index (χ2v) is 7.05. The van der Waals surface area contributed by atoms with Crippen molar-refractivity contribution in [3.63, 3.8) is 0 Å². The topological polar surface area (TPSA) is 71.3 Å². The van der Waals surface area contributed by atoms with Gasteiger partial charge >= 0.3 is 6.18 Å². The van der Waals surface area contributed by atoms with Crippen LogP contribution in [0, 0.1) is 0 Å². The Bertz CT molecular complexity index is 907. The van der Waals surface area contributed by atoms with Crippen LogP contribution in [0.1, 0.15) is 26.2 Å². The van der Waals surface area contributed by atoms with Crippen LogP contribution in [0.2, 0.25) is 5.15 Å². The maximum Gasteiger partial charge on any atom is 0.389 e. The molecule has 0 aromatic carbocycles. The molecule has 0 N–H and O–H groups in total. The number of hydrogen-bond donors (Lipinski definition) is 0. The van der Waals surface area contributed by atoms with Gasteiger partial charge in [0.05, 0.1) is 31.0 Å². The van der Waals surface area contributed by atoms with Crippen LogP contribution in [0.5, 0.6) is 0 Å². The molecular formula is C19H21ClF5N5O2. The van der Waals surface area contributed by atoms with Gasteiger partial charge in [-0.1, -0.05) is 11.6 Å². The SMILES string of the molecule is CCN(C(=O)CCN(CC(F)F)C(=O)CCC(F)(F)F)c1cn(-c2cccnc2)nc1Cl. The summed E-state index contributed by atoms with van der Waals surface area (Å²) in [5, 5.41) is 4.13. The van der Waals surface area contributed by atoms with Crippen molar-refractivity contribution < 1.29 is 31.5 Å². The lowest BCUT2D eigenvalue weighted by Gasteiger charge is -2.25. The van der Waals surface area contributed by atoms with Gasteiger partial charge in [0.15, 0.2) is 5.15 Å². The molecule has 2 rings (SSSR count). The zero-order valence-electron chi connectivity index (χ0n) is 17.0. The van der Waals surface area contributed by atoms with E-state index in [1.54, 1.807) is 25.3 Å². The third-order valence-electron chi connectivity index (χ3n) is 4.40. The zero-order valence-corrected chi connectivity index (χ0v) is 17.8. The molecule has 0 unspecified atom stereocenters. The van der Waals surface area contributed by atoms with Gasteiger partial charge in [0.2, 0.25) is 11.8 Å². The Labute approximate surface area is 185 Å². The number of hydrogen-bond acceptors (Lipinski definition) is 4. The van der Waals surface area contributed by atoms with Gasteiger partial charge in [0, 0.05) is 32.1 Å².